The molecule has 0 heterocycles. The van der Waals surface area contributed by atoms with Gasteiger partial charge >= 0.3 is 17.9 Å². The Bertz CT molecular complexity index is 1750. The molecule has 6 nitrogen and oxygen atoms in total. The van der Waals surface area contributed by atoms with Crippen LogP contribution in [0.1, 0.15) is 226 Å². The molecular weight excluding hydrogens is 925 g/mol. The van der Waals surface area contributed by atoms with Crippen LogP contribution < -0.4 is 0 Å². The SMILES string of the molecule is CC/C=C\C/C=C\C/C=C\C/C=C\C/C=C\C/C=C\C/C=C\C/C=C\C/C=C\C/C=C\CCCCCCC(=O)OCC(COC(=O)CCCCCCCCCCC)OC(=O)CC/C=C\C/C=C\C/C=C\C/C=C\CC. The standard InChI is InChI=1S/C69H106O6/c1-4-7-10-13-16-19-21-23-24-25-26-27-28-29-30-31-32-33-34-35-36-37-38-39-40-41-42-43-44-46-47-50-53-56-59-62-68(71)74-65-66(64-73-67(70)61-58-55-52-49-18-15-12-9-6-3)75-69(72)63-60-57-54-51-48-45-22-20-17-14-11-8-5-2/h7-8,10-11,16-17,19-20,23-24,26-27,29-30,32-33,35-36,38-39,41-42,44-46,48,54,57,66H,4-6,9,12-15,18,21-22,25,28,31,34,37,40,43,47,49-53,55-56,58-65H2,1-3H3/b10-7-,11-8-,19-16-,20-17-,24-23-,27-26-,30-29-,33-32-,36-35-,39-38-,42-41-,46-44-,48-45-,57-54-. The first-order chi connectivity index (χ1) is 37.0. The summed E-state index contributed by atoms with van der Waals surface area (Å²) >= 11 is 0. The summed E-state index contributed by atoms with van der Waals surface area (Å²) in [6, 6.07) is 0. The van der Waals surface area contributed by atoms with Gasteiger partial charge in [-0.25, -0.2) is 0 Å². The Kier molecular flexibility index (Phi) is 57.0. The highest BCUT2D eigenvalue weighted by Gasteiger charge is 2.19. The van der Waals surface area contributed by atoms with E-state index in [1.165, 1.54) is 38.5 Å². The number of allylic oxidation sites excluding steroid dienone is 28. The Morgan fingerprint density at radius 2 is 0.547 bits per heavy atom. The second-order valence-electron chi connectivity index (χ2n) is 18.8. The van der Waals surface area contributed by atoms with Crippen molar-refractivity contribution in [2.75, 3.05) is 13.2 Å². The number of esters is 3. The van der Waals surface area contributed by atoms with Gasteiger partial charge in [0, 0.05) is 19.3 Å². The first-order valence-electron chi connectivity index (χ1n) is 29.6. The normalized spacial score (nSPS) is 13.4. The summed E-state index contributed by atoms with van der Waals surface area (Å²) in [5.74, 6) is -1.04. The van der Waals surface area contributed by atoms with Crippen molar-refractivity contribution < 1.29 is 28.6 Å². The van der Waals surface area contributed by atoms with Crippen LogP contribution in [0.25, 0.3) is 0 Å². The van der Waals surface area contributed by atoms with Crippen LogP contribution >= 0.6 is 0 Å². The first kappa shape index (κ1) is 69.8. The van der Waals surface area contributed by atoms with Crippen molar-refractivity contribution in [3.8, 4) is 0 Å². The van der Waals surface area contributed by atoms with Crippen molar-refractivity contribution in [2.24, 2.45) is 0 Å². The molecule has 0 saturated heterocycles. The highest BCUT2D eigenvalue weighted by atomic mass is 16.6. The van der Waals surface area contributed by atoms with E-state index in [9.17, 15) is 14.4 Å². The van der Waals surface area contributed by atoms with Crippen molar-refractivity contribution in [3.63, 3.8) is 0 Å². The van der Waals surface area contributed by atoms with Crippen LogP contribution in [0.5, 0.6) is 0 Å². The Morgan fingerprint density at radius 1 is 0.280 bits per heavy atom. The lowest BCUT2D eigenvalue weighted by atomic mass is 10.1. The van der Waals surface area contributed by atoms with E-state index in [1.54, 1.807) is 0 Å². The average Bonchev–Trinajstić information content (AvgIpc) is 3.41. The molecule has 0 aromatic carbocycles. The Balaban J connectivity index is 4.29. The van der Waals surface area contributed by atoms with E-state index < -0.39 is 12.1 Å². The fourth-order valence-electron chi connectivity index (χ4n) is 7.36. The minimum atomic E-state index is -0.831. The minimum Gasteiger partial charge on any atom is -0.462 e. The largest absolute Gasteiger partial charge is 0.462 e. The van der Waals surface area contributed by atoms with Gasteiger partial charge in [-0.15, -0.1) is 0 Å². The number of ether oxygens (including phenoxy) is 3. The third-order valence-electron chi connectivity index (χ3n) is 11.7. The molecule has 0 aliphatic carbocycles. The number of hydrogen-bond donors (Lipinski definition) is 0. The van der Waals surface area contributed by atoms with Gasteiger partial charge in [0.15, 0.2) is 6.10 Å². The molecule has 0 N–H and O–H groups in total. The molecule has 0 radical (unpaired) electrons. The van der Waals surface area contributed by atoms with Gasteiger partial charge in [-0.1, -0.05) is 255 Å². The number of hydrogen-bond acceptors (Lipinski definition) is 6. The lowest BCUT2D eigenvalue weighted by Crippen LogP contribution is -2.30. The van der Waals surface area contributed by atoms with Crippen molar-refractivity contribution in [1.29, 1.82) is 0 Å². The number of unbranched alkanes of at least 4 members (excludes halogenated alkanes) is 12. The summed E-state index contributed by atoms with van der Waals surface area (Å²) in [4.78, 5) is 37.9. The molecule has 418 valence electrons. The van der Waals surface area contributed by atoms with Crippen LogP contribution in [0.4, 0.5) is 0 Å². The van der Waals surface area contributed by atoms with Gasteiger partial charge in [0.25, 0.3) is 0 Å². The summed E-state index contributed by atoms with van der Waals surface area (Å²) in [5, 5.41) is 0. The van der Waals surface area contributed by atoms with Gasteiger partial charge in [0.1, 0.15) is 13.2 Å². The number of carbonyl (C=O) groups is 3. The van der Waals surface area contributed by atoms with Crippen LogP contribution in [0, 0.1) is 0 Å². The molecule has 0 bridgehead atoms. The molecule has 0 aromatic heterocycles. The monoisotopic (exact) mass is 1030 g/mol. The molecule has 1 unspecified atom stereocenters. The lowest BCUT2D eigenvalue weighted by Gasteiger charge is -2.18. The second-order valence-corrected chi connectivity index (χ2v) is 18.8. The molecule has 0 aliphatic heterocycles. The molecule has 75 heavy (non-hydrogen) atoms. The van der Waals surface area contributed by atoms with E-state index >= 15 is 0 Å². The van der Waals surface area contributed by atoms with Gasteiger partial charge in [-0.05, 0) is 122 Å². The van der Waals surface area contributed by atoms with Gasteiger partial charge in [-0.3, -0.25) is 14.4 Å². The zero-order chi connectivity index (χ0) is 54.3. The van der Waals surface area contributed by atoms with E-state index in [2.05, 4.69) is 179 Å². The highest BCUT2D eigenvalue weighted by Crippen LogP contribution is 2.13. The minimum absolute atomic E-state index is 0.120. The average molecular weight is 1030 g/mol. The fraction of sp³-hybridized carbons (Fsp3) is 0.551. The molecule has 1 atom stereocenters. The van der Waals surface area contributed by atoms with Crippen molar-refractivity contribution in [2.45, 2.75) is 232 Å². The summed E-state index contributed by atoms with van der Waals surface area (Å²) < 4.78 is 16.7. The Morgan fingerprint density at radius 3 is 0.867 bits per heavy atom. The molecule has 0 amide bonds. The summed E-state index contributed by atoms with van der Waals surface area (Å²) in [7, 11) is 0. The smallest absolute Gasteiger partial charge is 0.306 e. The number of rotatable bonds is 51. The molecular formula is C69H106O6. The maximum Gasteiger partial charge on any atom is 0.306 e. The number of carbonyl (C=O) groups excluding carboxylic acids is 3. The van der Waals surface area contributed by atoms with Gasteiger partial charge < -0.3 is 14.2 Å². The highest BCUT2D eigenvalue weighted by molar-refractivity contribution is 5.71. The van der Waals surface area contributed by atoms with Gasteiger partial charge in [0.05, 0.1) is 0 Å². The van der Waals surface area contributed by atoms with E-state index in [4.69, 9.17) is 14.2 Å². The second kappa shape index (κ2) is 61.3. The van der Waals surface area contributed by atoms with E-state index in [0.717, 1.165) is 141 Å². The third-order valence-corrected chi connectivity index (χ3v) is 11.7. The third kappa shape index (κ3) is 59.5. The molecule has 0 aliphatic rings. The Hall–Kier alpha value is -5.23. The van der Waals surface area contributed by atoms with Crippen LogP contribution in [0.15, 0.2) is 170 Å². The van der Waals surface area contributed by atoms with E-state index in [-0.39, 0.29) is 31.6 Å². The van der Waals surface area contributed by atoms with Crippen molar-refractivity contribution in [1.82, 2.24) is 0 Å². The van der Waals surface area contributed by atoms with Crippen molar-refractivity contribution in [3.05, 3.63) is 170 Å². The summed E-state index contributed by atoms with van der Waals surface area (Å²) in [6.45, 7) is 6.28. The molecule has 0 aromatic rings. The predicted molar refractivity (Wildman–Crippen MR) is 325 cm³/mol. The Labute approximate surface area is 460 Å². The quantitative estimate of drug-likeness (QED) is 0.0261. The molecule has 0 saturated carbocycles. The predicted octanol–water partition coefficient (Wildman–Crippen LogP) is 20.3. The zero-order valence-electron chi connectivity index (χ0n) is 47.7. The molecule has 6 heteroatoms. The van der Waals surface area contributed by atoms with Crippen molar-refractivity contribution >= 4 is 17.9 Å². The zero-order valence-corrected chi connectivity index (χ0v) is 47.7. The summed E-state index contributed by atoms with van der Waals surface area (Å²) in [6.07, 6.45) is 91.0. The van der Waals surface area contributed by atoms with Crippen LogP contribution in [0.2, 0.25) is 0 Å². The van der Waals surface area contributed by atoms with E-state index in [1.807, 2.05) is 12.2 Å². The molecule has 0 rings (SSSR count). The van der Waals surface area contributed by atoms with Crippen LogP contribution in [-0.2, 0) is 28.6 Å². The lowest BCUT2D eigenvalue weighted by molar-refractivity contribution is -0.166. The van der Waals surface area contributed by atoms with Gasteiger partial charge in [-0.2, -0.15) is 0 Å². The maximum atomic E-state index is 12.7. The van der Waals surface area contributed by atoms with E-state index in [0.29, 0.717) is 19.3 Å². The molecule has 0 fully saturated rings. The topological polar surface area (TPSA) is 78.9 Å². The van der Waals surface area contributed by atoms with Gasteiger partial charge in [0.2, 0.25) is 0 Å². The van der Waals surface area contributed by atoms with Crippen LogP contribution in [-0.4, -0.2) is 37.2 Å². The first-order valence-corrected chi connectivity index (χ1v) is 29.6. The maximum absolute atomic E-state index is 12.7. The van der Waals surface area contributed by atoms with Crippen LogP contribution in [0.3, 0.4) is 0 Å². The fourth-order valence-corrected chi connectivity index (χ4v) is 7.36. The summed E-state index contributed by atoms with van der Waals surface area (Å²) in [5.41, 5.74) is 0. The molecule has 0 spiro atoms.